The average molecular weight is 432 g/mol. The SMILES string of the molecule is Cc1cc(C2C(c3ccccn3)NC(=S)N2c2ccc(N(C)C)cc2)c(C)n1C1CC1. The summed E-state index contributed by atoms with van der Waals surface area (Å²) in [6.07, 6.45) is 4.41. The molecule has 5 rings (SSSR count). The predicted molar refractivity (Wildman–Crippen MR) is 131 cm³/mol. The van der Waals surface area contributed by atoms with Crippen molar-refractivity contribution >= 4 is 28.7 Å². The molecule has 31 heavy (non-hydrogen) atoms. The Morgan fingerprint density at radius 1 is 1.06 bits per heavy atom. The minimum absolute atomic E-state index is 0.00428. The van der Waals surface area contributed by atoms with Gasteiger partial charge in [0.1, 0.15) is 0 Å². The summed E-state index contributed by atoms with van der Waals surface area (Å²) < 4.78 is 2.51. The fourth-order valence-electron chi connectivity index (χ4n) is 4.86. The number of pyridine rings is 1. The summed E-state index contributed by atoms with van der Waals surface area (Å²) >= 11 is 5.88. The molecule has 0 spiro atoms. The van der Waals surface area contributed by atoms with E-state index in [0.29, 0.717) is 6.04 Å². The zero-order valence-corrected chi connectivity index (χ0v) is 19.4. The average Bonchev–Trinajstić information content (AvgIpc) is 3.48. The largest absolute Gasteiger partial charge is 0.378 e. The van der Waals surface area contributed by atoms with E-state index in [1.807, 2.05) is 18.3 Å². The van der Waals surface area contributed by atoms with Crippen LogP contribution in [0.2, 0.25) is 0 Å². The molecular weight excluding hydrogens is 402 g/mol. The Morgan fingerprint density at radius 3 is 2.42 bits per heavy atom. The number of aromatic nitrogens is 2. The molecule has 1 aliphatic carbocycles. The highest BCUT2D eigenvalue weighted by Gasteiger charge is 2.42. The number of hydrogen-bond acceptors (Lipinski definition) is 3. The van der Waals surface area contributed by atoms with Crippen molar-refractivity contribution in [2.75, 3.05) is 23.9 Å². The quantitative estimate of drug-likeness (QED) is 0.570. The van der Waals surface area contributed by atoms with Gasteiger partial charge >= 0.3 is 0 Å². The smallest absolute Gasteiger partial charge is 0.174 e. The van der Waals surface area contributed by atoms with Crippen LogP contribution in [-0.4, -0.2) is 28.8 Å². The molecule has 0 radical (unpaired) electrons. The number of benzene rings is 1. The van der Waals surface area contributed by atoms with Gasteiger partial charge in [-0.25, -0.2) is 0 Å². The van der Waals surface area contributed by atoms with Gasteiger partial charge in [-0.05, 0) is 86.9 Å². The second kappa shape index (κ2) is 7.68. The van der Waals surface area contributed by atoms with Crippen molar-refractivity contribution in [3.05, 3.63) is 77.4 Å². The van der Waals surface area contributed by atoms with Gasteiger partial charge in [0.2, 0.25) is 0 Å². The lowest BCUT2D eigenvalue weighted by Gasteiger charge is -2.28. The lowest BCUT2D eigenvalue weighted by molar-refractivity contribution is 0.562. The molecule has 1 saturated heterocycles. The summed E-state index contributed by atoms with van der Waals surface area (Å²) in [7, 11) is 4.12. The molecular formula is C25H29N5S. The monoisotopic (exact) mass is 431 g/mol. The Labute approximate surface area is 189 Å². The number of rotatable bonds is 5. The van der Waals surface area contributed by atoms with Crippen LogP contribution < -0.4 is 15.1 Å². The molecule has 2 aliphatic rings. The molecule has 1 aliphatic heterocycles. The standard InChI is InChI=1S/C25H29N5S/c1-16-15-21(17(2)29(16)19-12-13-19)24-23(22-7-5-6-14-26-22)27-25(31)30(24)20-10-8-18(9-11-20)28(3)4/h5-11,14-15,19,23-24H,12-13H2,1-4H3,(H,27,31). The van der Waals surface area contributed by atoms with E-state index in [4.69, 9.17) is 12.2 Å². The summed E-state index contributed by atoms with van der Waals surface area (Å²) in [6, 6.07) is 17.8. The summed E-state index contributed by atoms with van der Waals surface area (Å²) in [5.74, 6) is 0. The fourth-order valence-corrected chi connectivity index (χ4v) is 5.20. The zero-order valence-electron chi connectivity index (χ0n) is 18.5. The molecule has 0 bridgehead atoms. The highest BCUT2D eigenvalue weighted by Crippen LogP contribution is 2.46. The first-order valence-electron chi connectivity index (χ1n) is 10.9. The maximum absolute atomic E-state index is 5.88. The molecule has 0 amide bonds. The molecule has 3 heterocycles. The normalized spacial score (nSPS) is 20.8. The van der Waals surface area contributed by atoms with Crippen LogP contribution in [0.25, 0.3) is 0 Å². The lowest BCUT2D eigenvalue weighted by atomic mass is 9.96. The number of hydrogen-bond donors (Lipinski definition) is 1. The van der Waals surface area contributed by atoms with E-state index < -0.39 is 0 Å². The Balaban J connectivity index is 1.62. The van der Waals surface area contributed by atoms with Gasteiger partial charge in [-0.2, -0.15) is 0 Å². The summed E-state index contributed by atoms with van der Waals surface area (Å²) in [6.45, 7) is 4.48. The van der Waals surface area contributed by atoms with Crippen molar-refractivity contribution in [2.45, 2.75) is 44.8 Å². The van der Waals surface area contributed by atoms with Gasteiger partial charge in [0.05, 0.1) is 17.8 Å². The Morgan fingerprint density at radius 2 is 1.81 bits per heavy atom. The lowest BCUT2D eigenvalue weighted by Crippen LogP contribution is -2.29. The molecule has 6 heteroatoms. The first-order chi connectivity index (χ1) is 15.0. The minimum atomic E-state index is -0.00428. The van der Waals surface area contributed by atoms with Crippen molar-refractivity contribution in [1.29, 1.82) is 0 Å². The van der Waals surface area contributed by atoms with Crippen LogP contribution >= 0.6 is 12.2 Å². The number of nitrogens with zero attached hydrogens (tertiary/aromatic N) is 4. The van der Waals surface area contributed by atoms with E-state index in [1.54, 1.807) is 0 Å². The van der Waals surface area contributed by atoms with Crippen LogP contribution in [0, 0.1) is 13.8 Å². The van der Waals surface area contributed by atoms with E-state index >= 15 is 0 Å². The third-order valence-electron chi connectivity index (χ3n) is 6.50. The second-order valence-electron chi connectivity index (χ2n) is 8.84. The van der Waals surface area contributed by atoms with E-state index in [1.165, 1.54) is 35.5 Å². The van der Waals surface area contributed by atoms with Gasteiger partial charge in [-0.1, -0.05) is 6.07 Å². The number of aryl methyl sites for hydroxylation is 1. The van der Waals surface area contributed by atoms with Crippen molar-refractivity contribution in [1.82, 2.24) is 14.9 Å². The second-order valence-corrected chi connectivity index (χ2v) is 9.22. The van der Waals surface area contributed by atoms with Gasteiger partial charge in [0.25, 0.3) is 0 Å². The van der Waals surface area contributed by atoms with E-state index in [2.05, 4.69) is 89.0 Å². The summed E-state index contributed by atoms with van der Waals surface area (Å²) in [4.78, 5) is 9.06. The third-order valence-corrected chi connectivity index (χ3v) is 6.81. The maximum Gasteiger partial charge on any atom is 0.174 e. The Bertz CT molecular complexity index is 1100. The molecule has 1 N–H and O–H groups in total. The van der Waals surface area contributed by atoms with E-state index in [-0.39, 0.29) is 12.1 Å². The third kappa shape index (κ3) is 3.49. The molecule has 1 saturated carbocycles. The highest BCUT2D eigenvalue weighted by atomic mass is 32.1. The van der Waals surface area contributed by atoms with Crippen molar-refractivity contribution < 1.29 is 0 Å². The van der Waals surface area contributed by atoms with Gasteiger partial charge in [0, 0.05) is 49.1 Å². The first kappa shape index (κ1) is 20.1. The number of anilines is 2. The number of thiocarbonyl (C=S) groups is 1. The van der Waals surface area contributed by atoms with Crippen molar-refractivity contribution in [3.8, 4) is 0 Å². The summed E-state index contributed by atoms with van der Waals surface area (Å²) in [5.41, 5.74) is 7.28. The predicted octanol–water partition coefficient (Wildman–Crippen LogP) is 5.08. The van der Waals surface area contributed by atoms with Gasteiger partial charge in [-0.15, -0.1) is 0 Å². The topological polar surface area (TPSA) is 36.3 Å². The zero-order chi connectivity index (χ0) is 21.7. The number of nitrogens with one attached hydrogen (secondary N) is 1. The van der Waals surface area contributed by atoms with Crippen LogP contribution in [0.4, 0.5) is 11.4 Å². The van der Waals surface area contributed by atoms with Crippen LogP contribution in [0.3, 0.4) is 0 Å². The van der Waals surface area contributed by atoms with Gasteiger partial charge < -0.3 is 19.7 Å². The van der Waals surface area contributed by atoms with Crippen molar-refractivity contribution in [2.24, 2.45) is 0 Å². The molecule has 2 fully saturated rings. The van der Waals surface area contributed by atoms with Crippen LogP contribution in [0.15, 0.2) is 54.7 Å². The molecule has 5 nitrogen and oxygen atoms in total. The van der Waals surface area contributed by atoms with E-state index in [9.17, 15) is 0 Å². The maximum atomic E-state index is 5.88. The molecule has 3 aromatic rings. The molecule has 1 aromatic carbocycles. The first-order valence-corrected chi connectivity index (χ1v) is 11.3. The van der Waals surface area contributed by atoms with Crippen LogP contribution in [-0.2, 0) is 0 Å². The van der Waals surface area contributed by atoms with Crippen molar-refractivity contribution in [3.63, 3.8) is 0 Å². The summed E-state index contributed by atoms with van der Waals surface area (Å²) in [5, 5.41) is 4.33. The minimum Gasteiger partial charge on any atom is -0.378 e. The molecule has 2 atom stereocenters. The molecule has 2 unspecified atom stereocenters. The Kier molecular flexibility index (Phi) is 4.97. The van der Waals surface area contributed by atoms with E-state index in [0.717, 1.165) is 16.5 Å². The Hall–Kier alpha value is -2.86. The fraction of sp³-hybridized carbons (Fsp3) is 0.360. The van der Waals surface area contributed by atoms with Gasteiger partial charge in [-0.3, -0.25) is 4.98 Å². The molecule has 160 valence electrons. The molecule has 2 aromatic heterocycles. The highest BCUT2D eigenvalue weighted by molar-refractivity contribution is 7.80. The van der Waals surface area contributed by atoms with Gasteiger partial charge in [0.15, 0.2) is 5.11 Å². The van der Waals surface area contributed by atoms with Crippen LogP contribution in [0.1, 0.15) is 53.6 Å². The van der Waals surface area contributed by atoms with Crippen LogP contribution in [0.5, 0.6) is 0 Å².